The summed E-state index contributed by atoms with van der Waals surface area (Å²) >= 11 is 0. The molecule has 2 N–H and O–H groups in total. The zero-order chi connectivity index (χ0) is 25.1. The standard InChI is InChI=1S/C31H40N2O3/c1-30-17-7-6-10-21(30)11-12-22-23-13-14-26(31(23,2)18-15-24(22)30)36-25-16-19-33(32)29(35)27(25)28(34)20-8-4-3-5-9-20/h3-5,8-9,16,19,21-24,26H,6-7,10-15,17-18,32H2,1-2H3/t21?,22-,23-,24+,26?,30-,31-/m0/s1. The van der Waals surface area contributed by atoms with E-state index in [9.17, 15) is 9.59 Å². The van der Waals surface area contributed by atoms with E-state index >= 15 is 0 Å². The minimum atomic E-state index is -0.506. The number of hydrogen-bond acceptors (Lipinski definition) is 4. The van der Waals surface area contributed by atoms with Crippen LogP contribution in [0.1, 0.15) is 94.0 Å². The number of hydrogen-bond donors (Lipinski definition) is 1. The molecule has 36 heavy (non-hydrogen) atoms. The molecule has 0 saturated heterocycles. The number of rotatable bonds is 4. The van der Waals surface area contributed by atoms with Gasteiger partial charge < -0.3 is 10.6 Å². The second-order valence-electron chi connectivity index (χ2n) is 12.6. The summed E-state index contributed by atoms with van der Waals surface area (Å²) in [5, 5.41) is 0. The van der Waals surface area contributed by atoms with E-state index < -0.39 is 5.56 Å². The fraction of sp³-hybridized carbons (Fsp3) is 0.613. The fourth-order valence-electron chi connectivity index (χ4n) is 9.17. The van der Waals surface area contributed by atoms with E-state index in [-0.39, 0.29) is 22.9 Å². The lowest BCUT2D eigenvalue weighted by molar-refractivity contribution is -0.117. The Kier molecular flexibility index (Phi) is 5.81. The van der Waals surface area contributed by atoms with Crippen molar-refractivity contribution < 1.29 is 9.53 Å². The highest BCUT2D eigenvalue weighted by atomic mass is 16.5. The van der Waals surface area contributed by atoms with E-state index in [1.54, 1.807) is 30.3 Å². The third kappa shape index (κ3) is 3.56. The maximum Gasteiger partial charge on any atom is 0.283 e. The molecular formula is C31H40N2O3. The van der Waals surface area contributed by atoms with Crippen molar-refractivity contribution in [1.29, 1.82) is 0 Å². The van der Waals surface area contributed by atoms with Gasteiger partial charge in [0, 0.05) is 17.2 Å². The van der Waals surface area contributed by atoms with Gasteiger partial charge in [-0.25, -0.2) is 4.68 Å². The summed E-state index contributed by atoms with van der Waals surface area (Å²) in [5.74, 6) is 9.12. The smallest absolute Gasteiger partial charge is 0.283 e. The van der Waals surface area contributed by atoms with Gasteiger partial charge in [-0.1, -0.05) is 57.0 Å². The minimum absolute atomic E-state index is 0.00989. The highest BCUT2D eigenvalue weighted by Crippen LogP contribution is 2.66. The molecule has 4 aliphatic carbocycles. The minimum Gasteiger partial charge on any atom is -0.489 e. The van der Waals surface area contributed by atoms with Crippen LogP contribution < -0.4 is 16.1 Å². The number of fused-ring (bicyclic) bond motifs is 5. The molecule has 1 aromatic heterocycles. The number of benzene rings is 1. The molecule has 4 saturated carbocycles. The SMILES string of the molecule is C[C@]12CCCCC1CC[C@@H]1[C@H]2CC[C@]2(C)C(Oc3ccn(N)c(=O)c3C(=O)c3ccccc3)CC[C@@H]12. The number of nitrogens with two attached hydrogens (primary N) is 1. The predicted octanol–water partition coefficient (Wildman–Crippen LogP) is 5.97. The van der Waals surface area contributed by atoms with Gasteiger partial charge in [-0.05, 0) is 86.5 Å². The molecule has 0 bridgehead atoms. The number of nitrogen functional groups attached to an aromatic ring is 1. The lowest BCUT2D eigenvalue weighted by Crippen LogP contribution is -2.53. The van der Waals surface area contributed by atoms with Gasteiger partial charge in [0.2, 0.25) is 5.78 Å². The summed E-state index contributed by atoms with van der Waals surface area (Å²) in [6.07, 6.45) is 14.5. The van der Waals surface area contributed by atoms with Gasteiger partial charge in [0.05, 0.1) is 0 Å². The van der Waals surface area contributed by atoms with Crippen molar-refractivity contribution >= 4 is 5.78 Å². The molecule has 0 spiro atoms. The molecule has 5 nitrogen and oxygen atoms in total. The van der Waals surface area contributed by atoms with Crippen molar-refractivity contribution in [3.8, 4) is 5.75 Å². The number of ether oxygens (including phenoxy) is 1. The monoisotopic (exact) mass is 488 g/mol. The summed E-state index contributed by atoms with van der Waals surface area (Å²) in [7, 11) is 0. The molecule has 6 rings (SSSR count). The van der Waals surface area contributed by atoms with Crippen molar-refractivity contribution in [1.82, 2.24) is 4.68 Å². The molecule has 7 atom stereocenters. The number of ketones is 1. The van der Waals surface area contributed by atoms with Crippen LogP contribution in [0.2, 0.25) is 0 Å². The van der Waals surface area contributed by atoms with Crippen LogP contribution in [0.3, 0.4) is 0 Å². The Hall–Kier alpha value is -2.56. The summed E-state index contributed by atoms with van der Waals surface area (Å²) in [6, 6.07) is 10.6. The molecule has 0 radical (unpaired) electrons. The van der Waals surface area contributed by atoms with Gasteiger partial charge >= 0.3 is 0 Å². The molecule has 0 amide bonds. The molecule has 2 unspecified atom stereocenters. The van der Waals surface area contributed by atoms with E-state index in [2.05, 4.69) is 13.8 Å². The van der Waals surface area contributed by atoms with Crippen LogP contribution in [0, 0.1) is 34.5 Å². The first kappa shape index (κ1) is 23.8. The second kappa shape index (κ2) is 8.78. The Bertz CT molecular complexity index is 1210. The zero-order valence-corrected chi connectivity index (χ0v) is 21.7. The lowest BCUT2D eigenvalue weighted by Gasteiger charge is -2.60. The molecular weight excluding hydrogens is 448 g/mol. The summed E-state index contributed by atoms with van der Waals surface area (Å²) < 4.78 is 7.66. The van der Waals surface area contributed by atoms with Crippen LogP contribution in [0.5, 0.6) is 5.75 Å². The number of carbonyl (C=O) groups excluding carboxylic acids is 1. The highest BCUT2D eigenvalue weighted by molar-refractivity contribution is 6.10. The Balaban J connectivity index is 1.29. The van der Waals surface area contributed by atoms with E-state index in [4.69, 9.17) is 10.6 Å². The Morgan fingerprint density at radius 3 is 2.50 bits per heavy atom. The van der Waals surface area contributed by atoms with Crippen LogP contribution in [0.25, 0.3) is 0 Å². The van der Waals surface area contributed by atoms with Crippen molar-refractivity contribution in [3.05, 3.63) is 64.1 Å². The second-order valence-corrected chi connectivity index (χ2v) is 12.6. The van der Waals surface area contributed by atoms with Gasteiger partial charge in [0.25, 0.3) is 5.56 Å². The van der Waals surface area contributed by atoms with Crippen molar-refractivity contribution in [3.63, 3.8) is 0 Å². The summed E-state index contributed by atoms with van der Waals surface area (Å²) in [4.78, 5) is 26.4. The van der Waals surface area contributed by atoms with Gasteiger partial charge in [-0.2, -0.15) is 0 Å². The number of aromatic nitrogens is 1. The molecule has 1 aromatic carbocycles. The maximum absolute atomic E-state index is 13.4. The van der Waals surface area contributed by atoms with Crippen LogP contribution in [0.4, 0.5) is 0 Å². The van der Waals surface area contributed by atoms with E-state index in [0.29, 0.717) is 22.6 Å². The summed E-state index contributed by atoms with van der Waals surface area (Å²) in [5.41, 5.74) is 0.598. The van der Waals surface area contributed by atoms with Crippen molar-refractivity contribution in [2.75, 3.05) is 5.84 Å². The number of nitrogens with zero attached hydrogens (tertiary/aromatic N) is 1. The third-order valence-corrected chi connectivity index (χ3v) is 11.1. The Morgan fingerprint density at radius 1 is 0.917 bits per heavy atom. The van der Waals surface area contributed by atoms with Gasteiger partial charge in [-0.3, -0.25) is 9.59 Å². The van der Waals surface area contributed by atoms with Gasteiger partial charge in [0.1, 0.15) is 17.4 Å². The number of carbonyl (C=O) groups is 1. The highest BCUT2D eigenvalue weighted by Gasteiger charge is 2.60. The fourth-order valence-corrected chi connectivity index (χ4v) is 9.17. The average molecular weight is 489 g/mol. The maximum atomic E-state index is 13.4. The molecule has 192 valence electrons. The first-order valence-electron chi connectivity index (χ1n) is 14.1. The molecule has 1 heterocycles. The van der Waals surface area contributed by atoms with E-state index in [1.807, 2.05) is 6.07 Å². The van der Waals surface area contributed by atoms with Crippen LogP contribution in [0.15, 0.2) is 47.4 Å². The van der Waals surface area contributed by atoms with Gasteiger partial charge in [-0.15, -0.1) is 0 Å². The molecule has 2 aromatic rings. The van der Waals surface area contributed by atoms with Crippen LogP contribution in [-0.2, 0) is 0 Å². The first-order chi connectivity index (χ1) is 17.3. The lowest BCUT2D eigenvalue weighted by atomic mass is 9.45. The average Bonchev–Trinajstić information content (AvgIpc) is 3.22. The Labute approximate surface area is 214 Å². The quantitative estimate of drug-likeness (QED) is 0.425. The first-order valence-corrected chi connectivity index (χ1v) is 14.1. The normalized spacial score (nSPS) is 37.4. The van der Waals surface area contributed by atoms with Crippen molar-refractivity contribution in [2.45, 2.75) is 84.2 Å². The molecule has 4 aliphatic rings. The van der Waals surface area contributed by atoms with E-state index in [0.717, 1.165) is 28.9 Å². The molecule has 0 aliphatic heterocycles. The van der Waals surface area contributed by atoms with Gasteiger partial charge in [0.15, 0.2) is 0 Å². The molecule has 5 heteroatoms. The van der Waals surface area contributed by atoms with Crippen LogP contribution >= 0.6 is 0 Å². The predicted molar refractivity (Wildman–Crippen MR) is 141 cm³/mol. The largest absolute Gasteiger partial charge is 0.489 e. The number of pyridine rings is 1. The van der Waals surface area contributed by atoms with Crippen LogP contribution in [-0.4, -0.2) is 16.6 Å². The third-order valence-electron chi connectivity index (χ3n) is 11.1. The zero-order valence-electron chi connectivity index (χ0n) is 21.7. The van der Waals surface area contributed by atoms with E-state index in [1.165, 1.54) is 64.0 Å². The van der Waals surface area contributed by atoms with Crippen molar-refractivity contribution in [2.24, 2.45) is 34.5 Å². The Morgan fingerprint density at radius 2 is 1.69 bits per heavy atom. The molecule has 4 fully saturated rings. The topological polar surface area (TPSA) is 74.3 Å². The summed E-state index contributed by atoms with van der Waals surface area (Å²) in [6.45, 7) is 5.03.